The molecular formula is C36H56Cl3NO8SSi. The first-order chi connectivity index (χ1) is 23.1. The fourth-order valence-electron chi connectivity index (χ4n) is 5.73. The maximum absolute atomic E-state index is 14.3. The molecule has 2 N–H and O–H groups in total. The van der Waals surface area contributed by atoms with Crippen molar-refractivity contribution in [2.75, 3.05) is 6.61 Å². The summed E-state index contributed by atoms with van der Waals surface area (Å²) >= 11 is 18.8. The van der Waals surface area contributed by atoms with E-state index in [0.29, 0.717) is 12.8 Å². The number of halogens is 3. The molecule has 0 bridgehead atoms. The van der Waals surface area contributed by atoms with Crippen LogP contribution >= 0.6 is 46.1 Å². The summed E-state index contributed by atoms with van der Waals surface area (Å²) in [4.78, 5) is 43.5. The second-order valence-electron chi connectivity index (χ2n) is 13.6. The second kappa shape index (κ2) is 21.1. The lowest BCUT2D eigenvalue weighted by atomic mass is 9.73. The molecule has 0 unspecified atom stereocenters. The van der Waals surface area contributed by atoms with Crippen molar-refractivity contribution in [1.82, 2.24) is 4.98 Å². The van der Waals surface area contributed by atoms with Crippen LogP contribution in [0.1, 0.15) is 92.3 Å². The summed E-state index contributed by atoms with van der Waals surface area (Å²) in [5.74, 6) is -2.60. The minimum absolute atomic E-state index is 0.300. The van der Waals surface area contributed by atoms with Gasteiger partial charge in [-0.15, -0.1) is 11.3 Å². The molecule has 0 radical (unpaired) electrons. The third-order valence-corrected chi connectivity index (χ3v) is 15.0. The molecule has 0 aliphatic carbocycles. The molecule has 0 spiro atoms. The van der Waals surface area contributed by atoms with Crippen LogP contribution in [0.15, 0.2) is 34.8 Å². The molecular weight excluding hydrogens is 741 g/mol. The molecule has 0 aliphatic heterocycles. The molecule has 0 aromatic carbocycles. The highest BCUT2D eigenvalue weighted by Crippen LogP contribution is 2.38. The van der Waals surface area contributed by atoms with Crippen molar-refractivity contribution in [3.63, 3.8) is 0 Å². The van der Waals surface area contributed by atoms with Gasteiger partial charge in [-0.2, -0.15) is 0 Å². The maximum Gasteiger partial charge on any atom is 0.508 e. The van der Waals surface area contributed by atoms with Crippen molar-refractivity contribution in [3.05, 3.63) is 45.5 Å². The number of hydrogen-bond acceptors (Lipinski definition) is 9. The van der Waals surface area contributed by atoms with Gasteiger partial charge in [-0.3, -0.25) is 9.59 Å². The predicted octanol–water partition coefficient (Wildman–Crippen LogP) is 10.1. The number of nitrogens with zero attached hydrogens (tertiary/aromatic N) is 1. The summed E-state index contributed by atoms with van der Waals surface area (Å²) in [6.45, 7) is 18.2. The van der Waals surface area contributed by atoms with Gasteiger partial charge in [-0.1, -0.05) is 107 Å². The zero-order valence-electron chi connectivity index (χ0n) is 31.1. The normalized spacial score (nSPS) is 16.5. The number of Topliss-reactive ketones (excluding diaryl/α,β-unsaturated/α-hetero) is 1. The standard InChI is InChI=1S/C36H56Cl3NO8SSi/c1-11-50(12-2,13-3)48-30(20-31(42)43)35(9,10)33(44)26(7)32(47-34(45)46-22-36(37,38)39)24(5)16-14-15-23(4)17-18-29(41)25(6)19-28-21-49-27(8)40-28/h14-15,17,19,21,24,26,29-30,32,41H,11-13,16,18,20,22H2,1-10H3,(H,42,43)/t24-,26+,29-,30-,32-/m0/s1. The van der Waals surface area contributed by atoms with Gasteiger partial charge < -0.3 is 24.1 Å². The summed E-state index contributed by atoms with van der Waals surface area (Å²) < 4.78 is 15.5. The number of carbonyl (C=O) groups excluding carboxylic acids is 2. The van der Waals surface area contributed by atoms with Gasteiger partial charge in [0.1, 0.15) is 18.5 Å². The third-order valence-electron chi connectivity index (χ3n) is 9.27. The molecule has 284 valence electrons. The molecule has 50 heavy (non-hydrogen) atoms. The minimum Gasteiger partial charge on any atom is -0.481 e. The quantitative estimate of drug-likeness (QED) is 0.0540. The lowest BCUT2D eigenvalue weighted by Gasteiger charge is -2.42. The highest BCUT2D eigenvalue weighted by molar-refractivity contribution is 7.09. The summed E-state index contributed by atoms with van der Waals surface area (Å²) in [5, 5.41) is 23.4. The number of aliphatic hydroxyl groups excluding tert-OH is 1. The lowest BCUT2D eigenvalue weighted by Crippen LogP contribution is -2.51. The van der Waals surface area contributed by atoms with E-state index in [1.807, 2.05) is 78.2 Å². The van der Waals surface area contributed by atoms with Crippen LogP contribution in [0.3, 0.4) is 0 Å². The van der Waals surface area contributed by atoms with Crippen LogP contribution in [0, 0.1) is 24.2 Å². The molecule has 1 heterocycles. The maximum atomic E-state index is 14.3. The van der Waals surface area contributed by atoms with Crippen LogP contribution in [0.5, 0.6) is 0 Å². The van der Waals surface area contributed by atoms with E-state index in [9.17, 15) is 24.6 Å². The van der Waals surface area contributed by atoms with Gasteiger partial charge in [0.25, 0.3) is 0 Å². The molecule has 0 saturated heterocycles. The molecule has 1 rings (SSSR count). The van der Waals surface area contributed by atoms with E-state index < -0.39 is 60.5 Å². The molecule has 0 fully saturated rings. The molecule has 14 heteroatoms. The van der Waals surface area contributed by atoms with Crippen molar-refractivity contribution < 1.29 is 38.5 Å². The van der Waals surface area contributed by atoms with E-state index in [-0.39, 0.29) is 18.1 Å². The van der Waals surface area contributed by atoms with Crippen molar-refractivity contribution in [2.45, 2.75) is 129 Å². The number of rotatable bonds is 21. The Hall–Kier alpha value is -1.73. The number of alkyl halides is 3. The Labute approximate surface area is 318 Å². The van der Waals surface area contributed by atoms with Gasteiger partial charge in [-0.05, 0) is 69.3 Å². The molecule has 0 saturated carbocycles. The number of aromatic nitrogens is 1. The number of allylic oxidation sites excluding steroid dienone is 3. The summed E-state index contributed by atoms with van der Waals surface area (Å²) in [6, 6.07) is 2.36. The Morgan fingerprint density at radius 1 is 1.06 bits per heavy atom. The van der Waals surface area contributed by atoms with Crippen LogP contribution in [-0.2, 0) is 23.5 Å². The van der Waals surface area contributed by atoms with E-state index in [4.69, 9.17) is 48.7 Å². The number of aryl methyl sites for hydroxylation is 1. The topological polar surface area (TPSA) is 132 Å². The van der Waals surface area contributed by atoms with E-state index in [1.165, 1.54) is 0 Å². The predicted molar refractivity (Wildman–Crippen MR) is 207 cm³/mol. The van der Waals surface area contributed by atoms with Gasteiger partial charge >= 0.3 is 12.1 Å². The number of ketones is 1. The fraction of sp³-hybridized carbons (Fsp3) is 0.667. The first-order valence-corrected chi connectivity index (χ1v) is 21.6. The average Bonchev–Trinajstić information content (AvgIpc) is 3.45. The number of aliphatic hydroxyl groups is 1. The Balaban J connectivity index is 3.24. The Morgan fingerprint density at radius 2 is 1.66 bits per heavy atom. The average molecular weight is 797 g/mol. The highest BCUT2D eigenvalue weighted by atomic mass is 35.6. The van der Waals surface area contributed by atoms with Gasteiger partial charge in [0.05, 0.1) is 35.2 Å². The third kappa shape index (κ3) is 15.5. The first kappa shape index (κ1) is 46.3. The van der Waals surface area contributed by atoms with Crippen molar-refractivity contribution >= 4 is 78.4 Å². The van der Waals surface area contributed by atoms with E-state index in [1.54, 1.807) is 32.1 Å². The zero-order valence-corrected chi connectivity index (χ0v) is 35.1. The van der Waals surface area contributed by atoms with Gasteiger partial charge in [-0.25, -0.2) is 9.78 Å². The number of carboxylic acids is 1. The number of aliphatic carboxylic acids is 1. The van der Waals surface area contributed by atoms with Crippen LogP contribution in [-0.4, -0.2) is 70.1 Å². The zero-order chi connectivity index (χ0) is 38.4. The van der Waals surface area contributed by atoms with Crippen molar-refractivity contribution in [1.29, 1.82) is 0 Å². The SMILES string of the molecule is CC[Si](CC)(CC)O[C@@H](CC(=O)O)C(C)(C)C(=O)[C@H](C)[C@@H](OC(=O)OCC(Cl)(Cl)Cl)[C@@H](C)CC=CC(C)=CC[C@H](O)C(C)=Cc1csc(C)n1. The van der Waals surface area contributed by atoms with Gasteiger partial charge in [0, 0.05) is 10.8 Å². The second-order valence-corrected chi connectivity index (χ2v) is 21.9. The largest absolute Gasteiger partial charge is 0.508 e. The minimum atomic E-state index is -2.30. The van der Waals surface area contributed by atoms with E-state index in [0.717, 1.165) is 40.0 Å². The Bertz CT molecular complexity index is 1340. The van der Waals surface area contributed by atoms with Gasteiger partial charge in [0.15, 0.2) is 8.32 Å². The van der Waals surface area contributed by atoms with Crippen LogP contribution in [0.25, 0.3) is 6.08 Å². The highest BCUT2D eigenvalue weighted by Gasteiger charge is 2.47. The monoisotopic (exact) mass is 795 g/mol. The number of hydrogen-bond donors (Lipinski definition) is 2. The van der Waals surface area contributed by atoms with Crippen molar-refractivity contribution in [2.24, 2.45) is 17.3 Å². The number of ether oxygens (including phenoxy) is 2. The number of carboxylic acid groups (broad SMARTS) is 1. The summed E-state index contributed by atoms with van der Waals surface area (Å²) in [6.07, 6.45) is 4.53. The molecule has 0 aliphatic rings. The van der Waals surface area contributed by atoms with Crippen molar-refractivity contribution in [3.8, 4) is 0 Å². The van der Waals surface area contributed by atoms with E-state index in [2.05, 4.69) is 4.98 Å². The summed E-state index contributed by atoms with van der Waals surface area (Å²) in [5.41, 5.74) is 1.33. The van der Waals surface area contributed by atoms with Crippen LogP contribution in [0.4, 0.5) is 4.79 Å². The molecule has 0 amide bonds. The molecule has 9 nitrogen and oxygen atoms in total. The fourth-order valence-corrected chi connectivity index (χ4v) is 9.44. The first-order valence-electron chi connectivity index (χ1n) is 17.1. The van der Waals surface area contributed by atoms with Crippen LogP contribution < -0.4 is 0 Å². The number of carbonyl (C=O) groups is 3. The summed E-state index contributed by atoms with van der Waals surface area (Å²) in [7, 11) is -2.30. The molecule has 1 aromatic rings. The molecule has 1 aromatic heterocycles. The van der Waals surface area contributed by atoms with E-state index >= 15 is 0 Å². The molecule has 5 atom stereocenters. The Kier molecular flexibility index (Phi) is 19.5. The lowest BCUT2D eigenvalue weighted by molar-refractivity contribution is -0.146. The Morgan fingerprint density at radius 3 is 2.16 bits per heavy atom. The smallest absolute Gasteiger partial charge is 0.481 e. The van der Waals surface area contributed by atoms with Gasteiger partial charge in [0.2, 0.25) is 3.79 Å². The number of thiazole rings is 1. The van der Waals surface area contributed by atoms with Crippen LogP contribution in [0.2, 0.25) is 18.1 Å².